The largest absolute Gasteiger partial charge is 0.466 e. The molecule has 1 atom stereocenters. The maximum atomic E-state index is 10.2. The van der Waals surface area contributed by atoms with E-state index in [-0.39, 0.29) is 24.8 Å². The normalized spacial score (nSPS) is 12.2. The lowest BCUT2D eigenvalue weighted by Gasteiger charge is -2.24. The van der Waals surface area contributed by atoms with Crippen molar-refractivity contribution in [3.8, 4) is 0 Å². The Morgan fingerprint density at radius 3 is 2.78 bits per heavy atom. The van der Waals surface area contributed by atoms with E-state index in [4.69, 9.17) is 4.74 Å². The van der Waals surface area contributed by atoms with Gasteiger partial charge in [-0.3, -0.25) is 4.79 Å². The van der Waals surface area contributed by atoms with Crippen LogP contribution >= 0.6 is 12.6 Å². The highest BCUT2D eigenvalue weighted by Gasteiger charge is 2.17. The van der Waals surface area contributed by atoms with Crippen LogP contribution in [0.4, 0.5) is 5.82 Å². The van der Waals surface area contributed by atoms with E-state index in [9.17, 15) is 4.79 Å². The summed E-state index contributed by atoms with van der Waals surface area (Å²) < 4.78 is 4.69. The molecule has 1 aromatic heterocycles. The van der Waals surface area contributed by atoms with Crippen LogP contribution in [0.3, 0.4) is 0 Å². The molecule has 1 heterocycles. The van der Waals surface area contributed by atoms with E-state index in [0.29, 0.717) is 12.3 Å². The molecule has 0 aliphatic carbocycles. The minimum absolute atomic E-state index is 0. The smallest absolute Gasteiger partial charge is 0.293 e. The first-order valence-corrected chi connectivity index (χ1v) is 5.77. The maximum absolute atomic E-state index is 10.2. The lowest BCUT2D eigenvalue weighted by atomic mass is 10.1. The van der Waals surface area contributed by atoms with Crippen molar-refractivity contribution in [1.29, 1.82) is 0 Å². The third-order valence-electron chi connectivity index (χ3n) is 1.92. The van der Waals surface area contributed by atoms with Crippen molar-refractivity contribution in [3.63, 3.8) is 0 Å². The molecule has 102 valence electrons. The molecular formula is C12H21N3O2S. The van der Waals surface area contributed by atoms with Gasteiger partial charge in [0.15, 0.2) is 0 Å². The Morgan fingerprint density at radius 1 is 1.56 bits per heavy atom. The Hall–Kier alpha value is -1.30. The SMILES string of the molecule is C.CC(C)(C)Nc1ncncc1C(S)COC=O. The predicted molar refractivity (Wildman–Crippen MR) is 75.9 cm³/mol. The van der Waals surface area contributed by atoms with Crippen molar-refractivity contribution in [2.24, 2.45) is 0 Å². The third-order valence-corrected chi connectivity index (χ3v) is 2.34. The zero-order chi connectivity index (χ0) is 12.9. The van der Waals surface area contributed by atoms with Gasteiger partial charge in [-0.25, -0.2) is 9.97 Å². The first kappa shape index (κ1) is 16.7. The Morgan fingerprint density at radius 2 is 2.22 bits per heavy atom. The summed E-state index contributed by atoms with van der Waals surface area (Å²) in [6.07, 6.45) is 3.14. The predicted octanol–water partition coefficient (Wildman–Crippen LogP) is 2.47. The summed E-state index contributed by atoms with van der Waals surface area (Å²) in [5.41, 5.74) is 0.704. The third kappa shape index (κ3) is 5.35. The molecule has 1 unspecified atom stereocenters. The van der Waals surface area contributed by atoms with Gasteiger partial charge in [0.2, 0.25) is 0 Å². The highest BCUT2D eigenvalue weighted by molar-refractivity contribution is 7.80. The van der Waals surface area contributed by atoms with Crippen molar-refractivity contribution in [2.45, 2.75) is 39.0 Å². The summed E-state index contributed by atoms with van der Waals surface area (Å²) in [6.45, 7) is 6.71. The van der Waals surface area contributed by atoms with E-state index in [0.717, 1.165) is 5.56 Å². The zero-order valence-electron chi connectivity index (χ0n) is 10.2. The van der Waals surface area contributed by atoms with Crippen LogP contribution in [0.25, 0.3) is 0 Å². The fourth-order valence-corrected chi connectivity index (χ4v) is 1.54. The molecule has 1 N–H and O–H groups in total. The van der Waals surface area contributed by atoms with Crippen LogP contribution in [-0.2, 0) is 9.53 Å². The van der Waals surface area contributed by atoms with Crippen molar-refractivity contribution < 1.29 is 9.53 Å². The lowest BCUT2D eigenvalue weighted by Crippen LogP contribution is -2.27. The minimum atomic E-state index is -0.244. The van der Waals surface area contributed by atoms with E-state index < -0.39 is 0 Å². The highest BCUT2D eigenvalue weighted by Crippen LogP contribution is 2.26. The molecule has 0 bridgehead atoms. The Labute approximate surface area is 114 Å². The molecule has 5 nitrogen and oxygen atoms in total. The van der Waals surface area contributed by atoms with Crippen molar-refractivity contribution in [3.05, 3.63) is 18.1 Å². The number of carbonyl (C=O) groups excluding carboxylic acids is 1. The molecule has 1 aromatic rings. The number of hydrogen-bond donors (Lipinski definition) is 2. The molecule has 18 heavy (non-hydrogen) atoms. The van der Waals surface area contributed by atoms with Crippen LogP contribution in [-0.4, -0.2) is 28.6 Å². The maximum Gasteiger partial charge on any atom is 0.293 e. The van der Waals surface area contributed by atoms with Crippen LogP contribution in [0.5, 0.6) is 0 Å². The second kappa shape index (κ2) is 7.20. The molecule has 0 radical (unpaired) electrons. The standard InChI is InChI=1S/C11H17N3O2S.CH4/c1-11(2,3)14-10-8(4-12-6-13-10)9(17)5-16-7-15;/h4,6-7,9,17H,5H2,1-3H3,(H,12,13,14);1H4. The van der Waals surface area contributed by atoms with Gasteiger partial charge in [-0.1, -0.05) is 7.43 Å². The van der Waals surface area contributed by atoms with E-state index in [1.165, 1.54) is 6.33 Å². The number of ether oxygens (including phenoxy) is 1. The van der Waals surface area contributed by atoms with Gasteiger partial charge in [0.1, 0.15) is 18.8 Å². The van der Waals surface area contributed by atoms with Gasteiger partial charge >= 0.3 is 0 Å². The first-order valence-electron chi connectivity index (χ1n) is 5.25. The molecule has 6 heteroatoms. The Bertz CT molecular complexity index is 380. The monoisotopic (exact) mass is 271 g/mol. The van der Waals surface area contributed by atoms with Gasteiger partial charge < -0.3 is 10.1 Å². The van der Waals surface area contributed by atoms with E-state index in [1.54, 1.807) is 6.20 Å². The van der Waals surface area contributed by atoms with Gasteiger partial charge in [0, 0.05) is 17.3 Å². The number of aromatic nitrogens is 2. The zero-order valence-corrected chi connectivity index (χ0v) is 11.1. The highest BCUT2D eigenvalue weighted by atomic mass is 32.1. The Kier molecular flexibility index (Phi) is 6.68. The molecule has 0 fully saturated rings. The number of anilines is 1. The molecule has 0 saturated heterocycles. The van der Waals surface area contributed by atoms with Crippen LogP contribution in [0, 0.1) is 0 Å². The van der Waals surface area contributed by atoms with E-state index >= 15 is 0 Å². The number of nitrogens with zero attached hydrogens (tertiary/aromatic N) is 2. The summed E-state index contributed by atoms with van der Waals surface area (Å²) in [4.78, 5) is 18.3. The first-order chi connectivity index (χ1) is 7.94. The van der Waals surface area contributed by atoms with Crippen molar-refractivity contribution >= 4 is 24.9 Å². The summed E-state index contributed by atoms with van der Waals surface area (Å²) in [7, 11) is 0. The summed E-state index contributed by atoms with van der Waals surface area (Å²) >= 11 is 4.37. The molecule has 0 aromatic carbocycles. The number of thiol groups is 1. The van der Waals surface area contributed by atoms with E-state index in [2.05, 4.69) is 27.9 Å². The van der Waals surface area contributed by atoms with Gasteiger partial charge in [0.05, 0.1) is 5.25 Å². The van der Waals surface area contributed by atoms with Gasteiger partial charge in [-0.2, -0.15) is 12.6 Å². The molecule has 0 aliphatic heterocycles. The molecule has 0 saturated carbocycles. The average molecular weight is 271 g/mol. The molecule has 1 rings (SSSR count). The number of hydrogen-bond acceptors (Lipinski definition) is 6. The Balaban J connectivity index is 0.00000289. The molecule has 0 spiro atoms. The second-order valence-electron chi connectivity index (χ2n) is 4.65. The number of nitrogens with one attached hydrogen (secondary N) is 1. The average Bonchev–Trinajstić information content (AvgIpc) is 2.24. The van der Waals surface area contributed by atoms with Gasteiger partial charge in [-0.15, -0.1) is 0 Å². The fraction of sp³-hybridized carbons (Fsp3) is 0.583. The van der Waals surface area contributed by atoms with Gasteiger partial charge in [0.25, 0.3) is 6.47 Å². The number of carbonyl (C=O) groups is 1. The fourth-order valence-electron chi connectivity index (χ4n) is 1.26. The lowest BCUT2D eigenvalue weighted by molar-refractivity contribution is -0.128. The molecular weight excluding hydrogens is 250 g/mol. The molecule has 0 aliphatic rings. The summed E-state index contributed by atoms with van der Waals surface area (Å²) in [5, 5.41) is 3.02. The second-order valence-corrected chi connectivity index (χ2v) is 5.27. The van der Waals surface area contributed by atoms with Crippen molar-refractivity contribution in [2.75, 3.05) is 11.9 Å². The van der Waals surface area contributed by atoms with Crippen LogP contribution < -0.4 is 5.32 Å². The summed E-state index contributed by atoms with van der Waals surface area (Å²) in [5.74, 6) is 0.710. The summed E-state index contributed by atoms with van der Waals surface area (Å²) in [6, 6.07) is 0. The van der Waals surface area contributed by atoms with Crippen LogP contribution in [0.1, 0.15) is 39.0 Å². The topological polar surface area (TPSA) is 64.1 Å². The quantitative estimate of drug-likeness (QED) is 0.636. The molecule has 0 amide bonds. The number of rotatable bonds is 5. The minimum Gasteiger partial charge on any atom is -0.466 e. The van der Waals surface area contributed by atoms with Gasteiger partial charge in [-0.05, 0) is 20.8 Å². The van der Waals surface area contributed by atoms with Crippen LogP contribution in [0.15, 0.2) is 12.5 Å². The van der Waals surface area contributed by atoms with Crippen LogP contribution in [0.2, 0.25) is 0 Å². The van der Waals surface area contributed by atoms with E-state index in [1.807, 2.05) is 20.8 Å². The van der Waals surface area contributed by atoms with Crippen molar-refractivity contribution in [1.82, 2.24) is 9.97 Å².